The largest absolute Gasteiger partial charge is 0.378 e. The number of hydrogen-bond donors (Lipinski definition) is 0. The first-order chi connectivity index (χ1) is 15.2. The number of fused-ring (bicyclic) bond motifs is 2. The van der Waals surface area contributed by atoms with Crippen molar-refractivity contribution in [2.24, 2.45) is 17.8 Å². The minimum absolute atomic E-state index is 0.230. The minimum Gasteiger partial charge on any atom is -0.378 e. The Labute approximate surface area is 186 Å². The van der Waals surface area contributed by atoms with Gasteiger partial charge in [-0.15, -0.1) is 0 Å². The first-order valence-electron chi connectivity index (χ1n) is 12.3. The molecule has 0 spiro atoms. The first-order valence-corrected chi connectivity index (χ1v) is 12.3. The molecule has 2 aromatic rings. The van der Waals surface area contributed by atoms with Gasteiger partial charge >= 0.3 is 0 Å². The molecule has 31 heavy (non-hydrogen) atoms. The monoisotopic (exact) mass is 417 g/mol. The predicted octanol–water partition coefficient (Wildman–Crippen LogP) is 5.25. The molecule has 2 unspecified atom stereocenters. The number of aryl methyl sites for hydroxylation is 1. The average Bonchev–Trinajstić information content (AvgIpc) is 3.44. The van der Waals surface area contributed by atoms with Crippen LogP contribution in [0.3, 0.4) is 0 Å². The maximum Gasteiger partial charge on any atom is 0.113 e. The van der Waals surface area contributed by atoms with Crippen molar-refractivity contribution in [1.29, 1.82) is 0 Å². The van der Waals surface area contributed by atoms with E-state index in [0.717, 1.165) is 42.8 Å². The van der Waals surface area contributed by atoms with E-state index < -0.39 is 0 Å². The van der Waals surface area contributed by atoms with Crippen LogP contribution in [0.2, 0.25) is 0 Å². The highest BCUT2D eigenvalue weighted by Gasteiger charge is 2.39. The number of aromatic nitrogens is 2. The third-order valence-corrected chi connectivity index (χ3v) is 8.16. The topological polar surface area (TPSA) is 30.3 Å². The second-order valence-corrected chi connectivity index (χ2v) is 10.4. The van der Waals surface area contributed by atoms with Crippen molar-refractivity contribution >= 4 is 11.0 Å². The summed E-state index contributed by atoms with van der Waals surface area (Å²) in [5.74, 6) is 4.31. The molecule has 1 aromatic heterocycles. The summed E-state index contributed by atoms with van der Waals surface area (Å²) in [4.78, 5) is 7.78. The fourth-order valence-electron chi connectivity index (χ4n) is 6.45. The smallest absolute Gasteiger partial charge is 0.113 e. The SMILES string of the molecule is CO[C@@H]1CN(CC2CC3C=CC=CC3C2)CC[C@H]1n1c(C2CC2)nc2cc(C)ccc21. The molecule has 1 saturated heterocycles. The molecule has 0 radical (unpaired) electrons. The van der Waals surface area contributed by atoms with Crippen molar-refractivity contribution in [3.05, 3.63) is 53.9 Å². The molecule has 0 bridgehead atoms. The van der Waals surface area contributed by atoms with Gasteiger partial charge in [-0.3, -0.25) is 0 Å². The molecule has 6 rings (SSSR count). The lowest BCUT2D eigenvalue weighted by atomic mass is 9.92. The highest BCUT2D eigenvalue weighted by molar-refractivity contribution is 5.77. The number of imidazole rings is 1. The van der Waals surface area contributed by atoms with E-state index in [-0.39, 0.29) is 6.10 Å². The normalized spacial score (nSPS) is 33.3. The molecule has 1 aromatic carbocycles. The Morgan fingerprint density at radius 2 is 1.84 bits per heavy atom. The Kier molecular flexibility index (Phi) is 5.03. The number of likely N-dealkylation sites (tertiary alicyclic amines) is 1. The zero-order valence-electron chi connectivity index (χ0n) is 18.9. The third-order valence-electron chi connectivity index (χ3n) is 8.16. The number of piperidine rings is 1. The van der Waals surface area contributed by atoms with Crippen LogP contribution in [0.5, 0.6) is 0 Å². The van der Waals surface area contributed by atoms with Gasteiger partial charge in [0.2, 0.25) is 0 Å². The molecular weight excluding hydrogens is 382 g/mol. The molecule has 4 atom stereocenters. The van der Waals surface area contributed by atoms with Crippen LogP contribution < -0.4 is 0 Å². The highest BCUT2D eigenvalue weighted by Crippen LogP contribution is 2.44. The zero-order valence-corrected chi connectivity index (χ0v) is 18.9. The highest BCUT2D eigenvalue weighted by atomic mass is 16.5. The Balaban J connectivity index is 1.21. The van der Waals surface area contributed by atoms with Crippen LogP contribution in [-0.2, 0) is 4.74 Å². The van der Waals surface area contributed by atoms with Crippen LogP contribution >= 0.6 is 0 Å². The lowest BCUT2D eigenvalue weighted by Gasteiger charge is -2.40. The standard InChI is InChI=1S/C27H35N3O/c1-18-7-10-24-23(13-18)28-27(20-8-9-20)30(24)25-11-12-29(17-26(25)31-2)16-19-14-21-5-3-4-6-22(21)15-19/h3-7,10,13,19-22,25-26H,8-9,11-12,14-17H2,1-2H3/t19?,21?,22?,25-,26-/m1/s1. The summed E-state index contributed by atoms with van der Waals surface area (Å²) in [6, 6.07) is 7.15. The van der Waals surface area contributed by atoms with Gasteiger partial charge in [0.05, 0.1) is 23.2 Å². The van der Waals surface area contributed by atoms with Gasteiger partial charge in [-0.05, 0) is 74.5 Å². The minimum atomic E-state index is 0.230. The maximum absolute atomic E-state index is 6.13. The third kappa shape index (κ3) is 3.68. The summed E-state index contributed by atoms with van der Waals surface area (Å²) in [6.07, 6.45) is 16.0. The summed E-state index contributed by atoms with van der Waals surface area (Å²) >= 11 is 0. The Bertz CT molecular complexity index is 997. The van der Waals surface area contributed by atoms with Gasteiger partial charge in [-0.1, -0.05) is 30.4 Å². The van der Waals surface area contributed by atoms with Crippen molar-refractivity contribution in [1.82, 2.24) is 14.5 Å². The van der Waals surface area contributed by atoms with Gasteiger partial charge in [0.1, 0.15) is 5.82 Å². The van der Waals surface area contributed by atoms with Crippen LogP contribution in [0.1, 0.15) is 55.5 Å². The fourth-order valence-corrected chi connectivity index (χ4v) is 6.45. The molecule has 3 fully saturated rings. The van der Waals surface area contributed by atoms with E-state index in [4.69, 9.17) is 9.72 Å². The van der Waals surface area contributed by atoms with Crippen LogP contribution in [0, 0.1) is 24.7 Å². The van der Waals surface area contributed by atoms with Crippen LogP contribution in [0.25, 0.3) is 11.0 Å². The van der Waals surface area contributed by atoms with Crippen LogP contribution in [0.4, 0.5) is 0 Å². The molecule has 2 saturated carbocycles. The van der Waals surface area contributed by atoms with Crippen LogP contribution in [-0.4, -0.2) is 47.3 Å². The van der Waals surface area contributed by atoms with Gasteiger partial charge < -0.3 is 14.2 Å². The molecule has 1 aliphatic heterocycles. The number of allylic oxidation sites excluding steroid dienone is 4. The van der Waals surface area contributed by atoms with Crippen LogP contribution in [0.15, 0.2) is 42.5 Å². The molecule has 4 heteroatoms. The van der Waals surface area contributed by atoms with E-state index in [1.807, 2.05) is 7.11 Å². The number of nitrogens with zero attached hydrogens (tertiary/aromatic N) is 3. The molecule has 0 N–H and O–H groups in total. The lowest BCUT2D eigenvalue weighted by molar-refractivity contribution is -0.00977. The number of benzene rings is 1. The zero-order chi connectivity index (χ0) is 20.9. The van der Waals surface area contributed by atoms with Gasteiger partial charge in [-0.2, -0.15) is 0 Å². The van der Waals surface area contributed by atoms with E-state index in [1.165, 1.54) is 49.1 Å². The number of methoxy groups -OCH3 is 1. The Morgan fingerprint density at radius 3 is 2.55 bits per heavy atom. The second-order valence-electron chi connectivity index (χ2n) is 10.4. The van der Waals surface area contributed by atoms with Gasteiger partial charge in [0.25, 0.3) is 0 Å². The van der Waals surface area contributed by atoms with Crippen molar-refractivity contribution < 1.29 is 4.74 Å². The summed E-state index contributed by atoms with van der Waals surface area (Å²) in [5, 5.41) is 0. The second kappa shape index (κ2) is 7.90. The van der Waals surface area contributed by atoms with Crippen molar-refractivity contribution in [2.45, 2.75) is 57.1 Å². The van der Waals surface area contributed by atoms with Gasteiger partial charge in [0.15, 0.2) is 0 Å². The summed E-state index contributed by atoms with van der Waals surface area (Å²) in [6.45, 7) is 5.59. The van der Waals surface area contributed by atoms with E-state index >= 15 is 0 Å². The lowest BCUT2D eigenvalue weighted by Crippen LogP contribution is -2.47. The molecule has 4 aliphatic rings. The Morgan fingerprint density at radius 1 is 1.06 bits per heavy atom. The molecular formula is C27H35N3O. The number of hydrogen-bond acceptors (Lipinski definition) is 3. The summed E-state index contributed by atoms with van der Waals surface area (Å²) < 4.78 is 8.70. The first kappa shape index (κ1) is 19.8. The van der Waals surface area contributed by atoms with E-state index in [0.29, 0.717) is 12.0 Å². The van der Waals surface area contributed by atoms with Gasteiger partial charge in [0, 0.05) is 32.7 Å². The molecule has 2 heterocycles. The number of ether oxygens (including phenoxy) is 1. The van der Waals surface area contributed by atoms with Gasteiger partial charge in [-0.25, -0.2) is 4.98 Å². The molecule has 4 nitrogen and oxygen atoms in total. The average molecular weight is 418 g/mol. The fraction of sp³-hybridized carbons (Fsp3) is 0.593. The number of rotatable bonds is 5. The molecule has 3 aliphatic carbocycles. The predicted molar refractivity (Wildman–Crippen MR) is 125 cm³/mol. The van der Waals surface area contributed by atoms with E-state index in [9.17, 15) is 0 Å². The summed E-state index contributed by atoms with van der Waals surface area (Å²) in [5.41, 5.74) is 3.75. The van der Waals surface area contributed by atoms with Crippen molar-refractivity contribution in [2.75, 3.05) is 26.7 Å². The van der Waals surface area contributed by atoms with Crippen molar-refractivity contribution in [3.63, 3.8) is 0 Å². The maximum atomic E-state index is 6.13. The molecule has 164 valence electrons. The Hall–Kier alpha value is -1.91. The van der Waals surface area contributed by atoms with Crippen molar-refractivity contribution in [3.8, 4) is 0 Å². The quantitative estimate of drug-likeness (QED) is 0.665. The van der Waals surface area contributed by atoms with E-state index in [2.05, 4.69) is 58.9 Å². The van der Waals surface area contributed by atoms with E-state index in [1.54, 1.807) is 0 Å². The molecule has 0 amide bonds. The summed E-state index contributed by atoms with van der Waals surface area (Å²) in [7, 11) is 1.90.